The van der Waals surface area contributed by atoms with Crippen molar-refractivity contribution >= 4 is 71.1 Å². The van der Waals surface area contributed by atoms with Gasteiger partial charge < -0.3 is 4.57 Å². The van der Waals surface area contributed by atoms with E-state index in [2.05, 4.69) is 37.9 Å². The third-order valence-corrected chi connectivity index (χ3v) is 6.27. The van der Waals surface area contributed by atoms with Gasteiger partial charge in [0.05, 0.1) is 16.6 Å². The summed E-state index contributed by atoms with van der Waals surface area (Å²) in [5, 5.41) is 8.16. The van der Waals surface area contributed by atoms with E-state index in [1.165, 1.54) is 0 Å². The number of amides is 2. The van der Waals surface area contributed by atoms with Crippen LogP contribution < -0.4 is 5.32 Å². The van der Waals surface area contributed by atoms with Gasteiger partial charge in [-0.3, -0.25) is 14.9 Å². The van der Waals surface area contributed by atoms with Crippen molar-refractivity contribution in [3.05, 3.63) is 70.2 Å². The number of hydrogen-bond donors (Lipinski definition) is 1. The molecule has 0 fully saturated rings. The van der Waals surface area contributed by atoms with Gasteiger partial charge in [-0.2, -0.15) is 0 Å². The van der Waals surface area contributed by atoms with Crippen LogP contribution in [-0.2, 0) is 7.05 Å². The Morgan fingerprint density at radius 3 is 2.39 bits per heavy atom. The van der Waals surface area contributed by atoms with Crippen LogP contribution in [-0.4, -0.2) is 16.4 Å². The minimum absolute atomic E-state index is 0.324. The van der Waals surface area contributed by atoms with Gasteiger partial charge in [0.15, 0.2) is 0 Å². The highest BCUT2D eigenvalue weighted by Crippen LogP contribution is 2.43. The minimum atomic E-state index is -0.327. The molecule has 0 spiro atoms. The maximum absolute atomic E-state index is 12.9. The molecule has 0 bridgehead atoms. The lowest BCUT2D eigenvalue weighted by molar-refractivity contribution is 0.0880. The fourth-order valence-corrected chi connectivity index (χ4v) is 5.02. The summed E-state index contributed by atoms with van der Waals surface area (Å²) in [7, 11) is 2.01. The van der Waals surface area contributed by atoms with Gasteiger partial charge in [-0.15, -0.1) is 0 Å². The normalized spacial score (nSPS) is 13.8. The number of hydrogen-bond acceptors (Lipinski definition) is 2. The molecule has 0 saturated carbocycles. The number of halogens is 1. The van der Waals surface area contributed by atoms with E-state index in [9.17, 15) is 9.59 Å². The molecule has 1 aliphatic rings. The predicted molar refractivity (Wildman–Crippen MR) is 115 cm³/mol. The molecule has 0 aliphatic carbocycles. The zero-order valence-electron chi connectivity index (χ0n) is 14.8. The molecule has 4 nitrogen and oxygen atoms in total. The molecule has 1 N–H and O–H groups in total. The Bertz CT molecular complexity index is 1550. The summed E-state index contributed by atoms with van der Waals surface area (Å²) < 4.78 is 3.05. The first kappa shape index (κ1) is 15.8. The summed E-state index contributed by atoms with van der Waals surface area (Å²) in [6, 6.07) is 18.2. The van der Waals surface area contributed by atoms with E-state index in [0.717, 1.165) is 47.8 Å². The Hall–Kier alpha value is -3.18. The van der Waals surface area contributed by atoms with Gasteiger partial charge >= 0.3 is 0 Å². The van der Waals surface area contributed by atoms with Gasteiger partial charge in [-0.05, 0) is 29.0 Å². The molecule has 2 heterocycles. The van der Waals surface area contributed by atoms with E-state index in [0.29, 0.717) is 11.1 Å². The third kappa shape index (κ3) is 1.79. The van der Waals surface area contributed by atoms with Crippen molar-refractivity contribution in [3.63, 3.8) is 0 Å². The molecule has 5 heteroatoms. The molecule has 134 valence electrons. The number of benzene rings is 4. The van der Waals surface area contributed by atoms with E-state index >= 15 is 0 Å². The molecule has 0 radical (unpaired) electrons. The first-order chi connectivity index (χ1) is 13.6. The number of nitrogens with zero attached hydrogens (tertiary/aromatic N) is 1. The smallest absolute Gasteiger partial charge is 0.259 e. The zero-order valence-corrected chi connectivity index (χ0v) is 16.4. The summed E-state index contributed by atoms with van der Waals surface area (Å²) in [6.07, 6.45) is 0. The summed E-state index contributed by atoms with van der Waals surface area (Å²) in [6.45, 7) is 0. The SMILES string of the molecule is Cn1c2ccc(Br)cc2c2c3c(c4c5ccccc5ccc4c21)C(=O)NC3=O. The minimum Gasteiger partial charge on any atom is -0.343 e. The molecule has 1 aromatic heterocycles. The van der Waals surface area contributed by atoms with Crippen molar-refractivity contribution in [3.8, 4) is 0 Å². The maximum atomic E-state index is 12.9. The number of carbonyl (C=O) groups excluding carboxylic acids is 2. The lowest BCUT2D eigenvalue weighted by atomic mass is 9.91. The van der Waals surface area contributed by atoms with Gasteiger partial charge in [0, 0.05) is 38.6 Å². The topological polar surface area (TPSA) is 51.1 Å². The van der Waals surface area contributed by atoms with Crippen molar-refractivity contribution in [1.82, 2.24) is 9.88 Å². The number of aryl methyl sites for hydroxylation is 1. The summed E-state index contributed by atoms with van der Waals surface area (Å²) >= 11 is 3.54. The van der Waals surface area contributed by atoms with Crippen LogP contribution in [0.4, 0.5) is 0 Å². The van der Waals surface area contributed by atoms with E-state index in [1.54, 1.807) is 0 Å². The average molecular weight is 429 g/mol. The van der Waals surface area contributed by atoms with E-state index in [1.807, 2.05) is 49.5 Å². The number of rotatable bonds is 0. The van der Waals surface area contributed by atoms with Gasteiger partial charge in [-0.1, -0.05) is 52.3 Å². The maximum Gasteiger partial charge on any atom is 0.259 e. The molecule has 2 amide bonds. The van der Waals surface area contributed by atoms with Gasteiger partial charge in [0.1, 0.15) is 0 Å². The second kappa shape index (κ2) is 5.20. The number of imide groups is 1. The van der Waals surface area contributed by atoms with Crippen LogP contribution in [0.25, 0.3) is 43.4 Å². The summed E-state index contributed by atoms with van der Waals surface area (Å²) in [5.74, 6) is -0.650. The molecule has 28 heavy (non-hydrogen) atoms. The van der Waals surface area contributed by atoms with E-state index in [-0.39, 0.29) is 11.8 Å². The first-order valence-corrected chi connectivity index (χ1v) is 9.76. The number of fused-ring (bicyclic) bond motifs is 10. The van der Waals surface area contributed by atoms with Gasteiger partial charge in [0.2, 0.25) is 0 Å². The van der Waals surface area contributed by atoms with Crippen molar-refractivity contribution < 1.29 is 9.59 Å². The van der Waals surface area contributed by atoms with Gasteiger partial charge in [-0.25, -0.2) is 0 Å². The average Bonchev–Trinajstić information content (AvgIpc) is 3.15. The van der Waals surface area contributed by atoms with Crippen molar-refractivity contribution in [1.29, 1.82) is 0 Å². The Morgan fingerprint density at radius 2 is 1.57 bits per heavy atom. The molecule has 0 saturated heterocycles. The Labute approximate surface area is 167 Å². The van der Waals surface area contributed by atoms with E-state index < -0.39 is 0 Å². The highest BCUT2D eigenvalue weighted by Gasteiger charge is 2.34. The molecule has 6 rings (SSSR count). The summed E-state index contributed by atoms with van der Waals surface area (Å²) in [5.41, 5.74) is 2.95. The van der Waals surface area contributed by atoms with Crippen LogP contribution in [0.1, 0.15) is 20.7 Å². The zero-order chi connectivity index (χ0) is 19.2. The van der Waals surface area contributed by atoms with Crippen LogP contribution >= 0.6 is 15.9 Å². The number of carbonyl (C=O) groups is 2. The van der Waals surface area contributed by atoms with Crippen LogP contribution in [0, 0.1) is 0 Å². The fourth-order valence-electron chi connectivity index (χ4n) is 4.66. The van der Waals surface area contributed by atoms with Gasteiger partial charge in [0.25, 0.3) is 11.8 Å². The predicted octanol–water partition coefficient (Wildman–Crippen LogP) is 5.28. The first-order valence-electron chi connectivity index (χ1n) is 8.97. The molecule has 4 aromatic carbocycles. The molecule has 0 atom stereocenters. The molecule has 1 aliphatic heterocycles. The largest absolute Gasteiger partial charge is 0.343 e. The molecular formula is C23H13BrN2O2. The highest BCUT2D eigenvalue weighted by atomic mass is 79.9. The number of nitrogens with one attached hydrogen (secondary N) is 1. The molecule has 5 aromatic rings. The third-order valence-electron chi connectivity index (χ3n) is 5.78. The Kier molecular flexibility index (Phi) is 2.94. The van der Waals surface area contributed by atoms with E-state index in [4.69, 9.17) is 0 Å². The standard InChI is InChI=1S/C23H13BrN2O2/c1-26-16-9-7-12(24)10-15(16)18-20-19(22(27)25-23(20)28)17-13-5-3-2-4-11(13)6-8-14(17)21(18)26/h2-10H,1H3,(H,25,27,28). The molecular weight excluding hydrogens is 416 g/mol. The number of aromatic nitrogens is 1. The van der Waals surface area contributed by atoms with Crippen molar-refractivity contribution in [2.45, 2.75) is 0 Å². The van der Waals surface area contributed by atoms with Crippen LogP contribution in [0.2, 0.25) is 0 Å². The van der Waals surface area contributed by atoms with Crippen LogP contribution in [0.15, 0.2) is 59.1 Å². The van der Waals surface area contributed by atoms with Crippen molar-refractivity contribution in [2.75, 3.05) is 0 Å². The Morgan fingerprint density at radius 1 is 0.821 bits per heavy atom. The second-order valence-corrected chi connectivity index (χ2v) is 8.10. The fraction of sp³-hybridized carbons (Fsp3) is 0.0435. The Balaban J connectivity index is 2.04. The summed E-state index contributed by atoms with van der Waals surface area (Å²) in [4.78, 5) is 25.7. The van der Waals surface area contributed by atoms with Crippen molar-refractivity contribution in [2.24, 2.45) is 7.05 Å². The lowest BCUT2D eigenvalue weighted by Gasteiger charge is -2.11. The monoisotopic (exact) mass is 428 g/mol. The highest BCUT2D eigenvalue weighted by molar-refractivity contribution is 9.10. The molecule has 0 unspecified atom stereocenters. The lowest BCUT2D eigenvalue weighted by Crippen LogP contribution is -2.20. The van der Waals surface area contributed by atoms with Crippen LogP contribution in [0.5, 0.6) is 0 Å². The van der Waals surface area contributed by atoms with Crippen LogP contribution in [0.3, 0.4) is 0 Å². The quantitative estimate of drug-likeness (QED) is 0.269. The second-order valence-electron chi connectivity index (χ2n) is 7.19.